The molecule has 0 aliphatic rings. The quantitative estimate of drug-likeness (QED) is 0.376. The Bertz CT molecular complexity index is 1030. The molecule has 1 aromatic heterocycles. The number of aromatic nitrogens is 1. The second-order valence-corrected chi connectivity index (χ2v) is 6.19. The van der Waals surface area contributed by atoms with Crippen LogP contribution < -0.4 is 0 Å². The molecule has 0 aliphatic carbocycles. The first-order valence-electron chi connectivity index (χ1n) is 8.55. The number of hydrogen-bond acceptors (Lipinski definition) is 0. The lowest BCUT2D eigenvalue weighted by atomic mass is 10.0. The van der Waals surface area contributed by atoms with E-state index in [0.29, 0.717) is 16.9 Å². The molecule has 0 amide bonds. The molecule has 0 fully saturated rings. The van der Waals surface area contributed by atoms with Crippen molar-refractivity contribution in [3.8, 4) is 28.1 Å². The van der Waals surface area contributed by atoms with Gasteiger partial charge in [-0.05, 0) is 29.3 Å². The van der Waals surface area contributed by atoms with E-state index in [1.165, 1.54) is 4.57 Å². The van der Waals surface area contributed by atoms with Gasteiger partial charge in [-0.15, -0.1) is 0 Å². The van der Waals surface area contributed by atoms with Gasteiger partial charge in [0.05, 0.1) is 5.69 Å². The van der Waals surface area contributed by atoms with Crippen molar-refractivity contribution in [1.29, 1.82) is 0 Å². The minimum atomic E-state index is -4.51. The first-order valence-corrected chi connectivity index (χ1v) is 8.55. The fraction of sp³-hybridized carbons (Fsp3) is 0.0435. The van der Waals surface area contributed by atoms with Gasteiger partial charge in [0.1, 0.15) is 5.69 Å². The van der Waals surface area contributed by atoms with Crippen molar-refractivity contribution in [3.63, 3.8) is 0 Å². The molecule has 4 aromatic rings. The Hall–Kier alpha value is -3.27. The van der Waals surface area contributed by atoms with Crippen LogP contribution in [-0.4, -0.2) is 4.57 Å². The Kier molecular flexibility index (Phi) is 4.32. The molecule has 4 rings (SSSR count). The summed E-state index contributed by atoms with van der Waals surface area (Å²) in [5, 5.41) is 0. The molecule has 1 heterocycles. The van der Waals surface area contributed by atoms with Gasteiger partial charge in [0.25, 0.3) is 0 Å². The number of rotatable bonds is 3. The Balaban J connectivity index is 2.09. The highest BCUT2D eigenvalue weighted by Gasteiger charge is 2.39. The van der Waals surface area contributed by atoms with Gasteiger partial charge < -0.3 is 4.57 Å². The predicted octanol–water partition coefficient (Wildman–Crippen LogP) is 6.83. The third kappa shape index (κ3) is 3.26. The van der Waals surface area contributed by atoms with Crippen molar-refractivity contribution < 1.29 is 13.2 Å². The molecular formula is C23H16F3N. The monoisotopic (exact) mass is 363 g/mol. The third-order valence-corrected chi connectivity index (χ3v) is 4.44. The van der Waals surface area contributed by atoms with E-state index in [9.17, 15) is 13.2 Å². The van der Waals surface area contributed by atoms with E-state index in [-0.39, 0.29) is 5.56 Å². The molecule has 3 aromatic carbocycles. The van der Waals surface area contributed by atoms with E-state index in [1.807, 2.05) is 30.3 Å². The van der Waals surface area contributed by atoms with Gasteiger partial charge in [0, 0.05) is 11.3 Å². The van der Waals surface area contributed by atoms with E-state index in [1.54, 1.807) is 66.7 Å². The minimum absolute atomic E-state index is 0.172. The molecule has 27 heavy (non-hydrogen) atoms. The maximum atomic E-state index is 14.2. The summed E-state index contributed by atoms with van der Waals surface area (Å²) in [7, 11) is 0. The second-order valence-electron chi connectivity index (χ2n) is 6.19. The van der Waals surface area contributed by atoms with Crippen molar-refractivity contribution in [2.75, 3.05) is 0 Å². The molecule has 0 spiro atoms. The fourth-order valence-corrected chi connectivity index (χ4v) is 3.29. The molecule has 134 valence electrons. The zero-order valence-corrected chi connectivity index (χ0v) is 14.3. The SMILES string of the molecule is FC(F)(F)c1c(-c2ccccc2)cc(-c2ccccc2)n1-c1ccccc1. The highest BCUT2D eigenvalue weighted by molar-refractivity contribution is 5.77. The van der Waals surface area contributed by atoms with Crippen LogP contribution in [0.25, 0.3) is 28.1 Å². The van der Waals surface area contributed by atoms with Gasteiger partial charge in [0.15, 0.2) is 0 Å². The van der Waals surface area contributed by atoms with Crippen LogP contribution >= 0.6 is 0 Å². The van der Waals surface area contributed by atoms with Crippen LogP contribution in [0.5, 0.6) is 0 Å². The van der Waals surface area contributed by atoms with Gasteiger partial charge >= 0.3 is 6.18 Å². The van der Waals surface area contributed by atoms with Crippen LogP contribution in [0.15, 0.2) is 97.1 Å². The second kappa shape index (κ2) is 6.80. The Labute approximate surface area is 155 Å². The number of benzene rings is 3. The largest absolute Gasteiger partial charge is 0.432 e. The lowest BCUT2D eigenvalue weighted by molar-refractivity contribution is -0.141. The average Bonchev–Trinajstić information content (AvgIpc) is 3.11. The van der Waals surface area contributed by atoms with Crippen LogP contribution in [0, 0.1) is 0 Å². The van der Waals surface area contributed by atoms with E-state index in [2.05, 4.69) is 0 Å². The maximum absolute atomic E-state index is 14.2. The summed E-state index contributed by atoms with van der Waals surface area (Å²) >= 11 is 0. The van der Waals surface area contributed by atoms with E-state index in [0.717, 1.165) is 5.56 Å². The summed E-state index contributed by atoms with van der Waals surface area (Å²) in [4.78, 5) is 0. The number of hydrogen-bond donors (Lipinski definition) is 0. The van der Waals surface area contributed by atoms with Gasteiger partial charge in [-0.1, -0.05) is 78.9 Å². The molecule has 1 nitrogen and oxygen atoms in total. The molecule has 0 saturated carbocycles. The number of halogens is 3. The topological polar surface area (TPSA) is 4.93 Å². The Morgan fingerprint density at radius 2 is 1.07 bits per heavy atom. The summed E-state index contributed by atoms with van der Waals surface area (Å²) in [5.41, 5.74) is 1.76. The highest BCUT2D eigenvalue weighted by atomic mass is 19.4. The predicted molar refractivity (Wildman–Crippen MR) is 102 cm³/mol. The first kappa shape index (κ1) is 17.2. The molecule has 0 bridgehead atoms. The smallest absolute Gasteiger partial charge is 0.305 e. The Morgan fingerprint density at radius 1 is 0.593 bits per heavy atom. The molecule has 0 N–H and O–H groups in total. The first-order chi connectivity index (χ1) is 13.1. The lowest BCUT2D eigenvalue weighted by Crippen LogP contribution is -2.14. The summed E-state index contributed by atoms with van der Waals surface area (Å²) in [6, 6.07) is 28.1. The van der Waals surface area contributed by atoms with Crippen molar-refractivity contribution in [2.24, 2.45) is 0 Å². The van der Waals surface area contributed by atoms with Gasteiger partial charge in [-0.2, -0.15) is 13.2 Å². The van der Waals surface area contributed by atoms with E-state index in [4.69, 9.17) is 0 Å². The molecule has 0 saturated heterocycles. The normalized spacial score (nSPS) is 11.5. The fourth-order valence-electron chi connectivity index (χ4n) is 3.29. The molecular weight excluding hydrogens is 347 g/mol. The van der Waals surface area contributed by atoms with Gasteiger partial charge in [-0.3, -0.25) is 0 Å². The minimum Gasteiger partial charge on any atom is -0.305 e. The molecule has 0 aliphatic heterocycles. The lowest BCUT2D eigenvalue weighted by Gasteiger charge is -2.17. The standard InChI is InChI=1S/C23H16F3N/c24-23(25,26)22-20(17-10-4-1-5-11-17)16-21(18-12-6-2-7-13-18)27(22)19-14-8-3-9-15-19/h1-16H. The van der Waals surface area contributed by atoms with Crippen molar-refractivity contribution in [3.05, 3.63) is 103 Å². The van der Waals surface area contributed by atoms with Crippen LogP contribution in [-0.2, 0) is 6.18 Å². The van der Waals surface area contributed by atoms with Crippen molar-refractivity contribution >= 4 is 0 Å². The zero-order chi connectivity index (χ0) is 18.9. The third-order valence-electron chi connectivity index (χ3n) is 4.44. The number of nitrogens with zero attached hydrogens (tertiary/aromatic N) is 1. The summed E-state index contributed by atoms with van der Waals surface area (Å²) in [6.07, 6.45) is -4.51. The molecule has 0 radical (unpaired) electrons. The average molecular weight is 363 g/mol. The van der Waals surface area contributed by atoms with Gasteiger partial charge in [0.2, 0.25) is 0 Å². The number of para-hydroxylation sites is 1. The Morgan fingerprint density at radius 3 is 1.59 bits per heavy atom. The zero-order valence-electron chi connectivity index (χ0n) is 14.3. The summed E-state index contributed by atoms with van der Waals surface area (Å²) in [5.74, 6) is 0. The molecule has 4 heteroatoms. The van der Waals surface area contributed by atoms with Crippen LogP contribution in [0.4, 0.5) is 13.2 Å². The van der Waals surface area contributed by atoms with Crippen molar-refractivity contribution in [2.45, 2.75) is 6.18 Å². The van der Waals surface area contributed by atoms with E-state index >= 15 is 0 Å². The molecule has 0 atom stereocenters. The van der Waals surface area contributed by atoms with Crippen LogP contribution in [0.2, 0.25) is 0 Å². The van der Waals surface area contributed by atoms with Crippen molar-refractivity contribution in [1.82, 2.24) is 4.57 Å². The number of alkyl halides is 3. The van der Waals surface area contributed by atoms with Gasteiger partial charge in [-0.25, -0.2) is 0 Å². The van der Waals surface area contributed by atoms with Crippen LogP contribution in [0.1, 0.15) is 5.69 Å². The summed E-state index contributed by atoms with van der Waals surface area (Å²) < 4.78 is 43.9. The van der Waals surface area contributed by atoms with Crippen LogP contribution in [0.3, 0.4) is 0 Å². The summed E-state index contributed by atoms with van der Waals surface area (Å²) in [6.45, 7) is 0. The maximum Gasteiger partial charge on any atom is 0.432 e. The molecule has 0 unspecified atom stereocenters. The highest BCUT2D eigenvalue weighted by Crippen LogP contribution is 2.43. The van der Waals surface area contributed by atoms with E-state index < -0.39 is 11.9 Å².